The molecule has 3 fully saturated rings. The summed E-state index contributed by atoms with van der Waals surface area (Å²) in [6.45, 7) is 1.52. The van der Waals surface area contributed by atoms with E-state index in [1.165, 1.54) is 90.4 Å². The van der Waals surface area contributed by atoms with E-state index in [0.29, 0.717) is 5.41 Å². The zero-order valence-corrected chi connectivity index (χ0v) is 20.9. The van der Waals surface area contributed by atoms with E-state index < -0.39 is 0 Å². The van der Waals surface area contributed by atoms with Crippen LogP contribution in [0, 0.1) is 23.2 Å². The molecule has 34 heavy (non-hydrogen) atoms. The molecule has 1 heterocycles. The summed E-state index contributed by atoms with van der Waals surface area (Å²) in [5, 5.41) is 11.8. The fourth-order valence-electron chi connectivity index (χ4n) is 6.91. The number of rotatable bonds is 7. The van der Waals surface area contributed by atoms with Gasteiger partial charge in [-0.3, -0.25) is 4.79 Å². The van der Waals surface area contributed by atoms with Gasteiger partial charge in [-0.15, -0.1) is 0 Å². The standard InChI is InChI=1S/C30H41N3O/c1-22(34)31-27-11-8-25(9-12-27)29-15-14-28(32-33-29)13-10-26-21-30(26)18-16-24(17-19-30)20-23-6-4-2-3-5-7-23/h8-9,11-12,14-15,23-24,26H,2-7,10,13,16-21H2,1H3,(H,31,34)/t24?,26-,30?/m1/s1. The predicted molar refractivity (Wildman–Crippen MR) is 138 cm³/mol. The number of nitrogens with zero attached hydrogens (tertiary/aromatic N) is 2. The van der Waals surface area contributed by atoms with Crippen molar-refractivity contribution in [3.8, 4) is 11.3 Å². The third kappa shape index (κ3) is 5.87. The Bertz CT molecular complexity index is 936. The van der Waals surface area contributed by atoms with Crippen LogP contribution in [0.4, 0.5) is 5.69 Å². The molecule has 182 valence electrons. The van der Waals surface area contributed by atoms with Gasteiger partial charge in [0.25, 0.3) is 0 Å². The van der Waals surface area contributed by atoms with Crippen molar-refractivity contribution in [1.29, 1.82) is 0 Å². The number of carbonyl (C=O) groups is 1. The molecule has 0 unspecified atom stereocenters. The van der Waals surface area contributed by atoms with Gasteiger partial charge in [-0.1, -0.05) is 50.7 Å². The zero-order chi connectivity index (χ0) is 23.4. The molecule has 1 N–H and O–H groups in total. The summed E-state index contributed by atoms with van der Waals surface area (Å²) >= 11 is 0. The van der Waals surface area contributed by atoms with Gasteiger partial charge < -0.3 is 5.32 Å². The zero-order valence-electron chi connectivity index (χ0n) is 20.9. The van der Waals surface area contributed by atoms with Crippen molar-refractivity contribution in [1.82, 2.24) is 10.2 Å². The number of aromatic nitrogens is 2. The van der Waals surface area contributed by atoms with Crippen molar-refractivity contribution in [2.24, 2.45) is 23.2 Å². The summed E-state index contributed by atoms with van der Waals surface area (Å²) in [6.07, 6.45) is 20.2. The lowest BCUT2D eigenvalue weighted by Crippen LogP contribution is -2.19. The van der Waals surface area contributed by atoms with Crippen LogP contribution >= 0.6 is 0 Å². The summed E-state index contributed by atoms with van der Waals surface area (Å²) in [7, 11) is 0. The van der Waals surface area contributed by atoms with Crippen molar-refractivity contribution in [3.05, 3.63) is 42.1 Å². The first-order valence-electron chi connectivity index (χ1n) is 13.8. The van der Waals surface area contributed by atoms with E-state index in [4.69, 9.17) is 0 Å². The molecule has 5 rings (SSSR count). The molecule has 1 atom stereocenters. The minimum Gasteiger partial charge on any atom is -0.326 e. The van der Waals surface area contributed by atoms with Crippen LogP contribution in [0.1, 0.15) is 96.1 Å². The first-order valence-corrected chi connectivity index (χ1v) is 13.8. The lowest BCUT2D eigenvalue weighted by Gasteiger charge is -2.32. The summed E-state index contributed by atoms with van der Waals surface area (Å²) < 4.78 is 0. The van der Waals surface area contributed by atoms with Crippen LogP contribution in [-0.4, -0.2) is 16.1 Å². The van der Waals surface area contributed by atoms with E-state index in [0.717, 1.165) is 46.8 Å². The molecule has 3 aliphatic carbocycles. The minimum atomic E-state index is -0.0581. The third-order valence-electron chi connectivity index (χ3n) is 9.07. The Morgan fingerprint density at radius 1 is 0.912 bits per heavy atom. The Balaban J connectivity index is 1.06. The van der Waals surface area contributed by atoms with Gasteiger partial charge in [-0.05, 0) is 98.8 Å². The smallest absolute Gasteiger partial charge is 0.221 e. The van der Waals surface area contributed by atoms with Gasteiger partial charge >= 0.3 is 0 Å². The van der Waals surface area contributed by atoms with Gasteiger partial charge in [0.15, 0.2) is 0 Å². The number of hydrogen-bond acceptors (Lipinski definition) is 3. The third-order valence-corrected chi connectivity index (χ3v) is 9.07. The highest BCUT2D eigenvalue weighted by Crippen LogP contribution is 2.64. The van der Waals surface area contributed by atoms with Crippen LogP contribution in [0.25, 0.3) is 11.3 Å². The largest absolute Gasteiger partial charge is 0.326 e. The van der Waals surface area contributed by atoms with E-state index in [9.17, 15) is 4.79 Å². The molecule has 4 heteroatoms. The second-order valence-electron chi connectivity index (χ2n) is 11.5. The maximum Gasteiger partial charge on any atom is 0.221 e. The number of amides is 1. The topological polar surface area (TPSA) is 54.9 Å². The van der Waals surface area contributed by atoms with Crippen molar-refractivity contribution >= 4 is 11.6 Å². The Morgan fingerprint density at radius 2 is 1.62 bits per heavy atom. The quantitative estimate of drug-likeness (QED) is 0.434. The van der Waals surface area contributed by atoms with E-state index in [1.807, 2.05) is 24.3 Å². The SMILES string of the molecule is CC(=O)Nc1ccc(-c2ccc(CC[C@@H]3CC34CCC(CC3CCCCCC3)CC4)nn2)cc1. The van der Waals surface area contributed by atoms with Gasteiger partial charge in [-0.2, -0.15) is 10.2 Å². The molecular formula is C30H41N3O. The molecule has 0 radical (unpaired) electrons. The predicted octanol–water partition coefficient (Wildman–Crippen LogP) is 7.59. The number of carbonyl (C=O) groups excluding carboxylic acids is 1. The number of benzene rings is 1. The van der Waals surface area contributed by atoms with Crippen LogP contribution in [-0.2, 0) is 11.2 Å². The van der Waals surface area contributed by atoms with E-state index in [2.05, 4.69) is 27.6 Å². The first-order chi connectivity index (χ1) is 16.6. The summed E-state index contributed by atoms with van der Waals surface area (Å²) in [4.78, 5) is 11.2. The van der Waals surface area contributed by atoms with Gasteiger partial charge in [-0.25, -0.2) is 0 Å². The summed E-state index contributed by atoms with van der Waals surface area (Å²) in [5.74, 6) is 2.90. The number of hydrogen-bond donors (Lipinski definition) is 1. The molecule has 0 aliphatic heterocycles. The Kier molecular flexibility index (Phi) is 7.32. The van der Waals surface area contributed by atoms with Crippen LogP contribution in [0.2, 0.25) is 0 Å². The van der Waals surface area contributed by atoms with Gasteiger partial charge in [0.2, 0.25) is 5.91 Å². The lowest BCUT2D eigenvalue weighted by atomic mass is 9.74. The lowest BCUT2D eigenvalue weighted by molar-refractivity contribution is -0.114. The number of nitrogens with one attached hydrogen (secondary N) is 1. The second-order valence-corrected chi connectivity index (χ2v) is 11.5. The van der Waals surface area contributed by atoms with Gasteiger partial charge in [0.05, 0.1) is 11.4 Å². The molecule has 3 saturated carbocycles. The first kappa shape index (κ1) is 23.5. The molecule has 1 aromatic heterocycles. The second kappa shape index (κ2) is 10.6. The van der Waals surface area contributed by atoms with Crippen molar-refractivity contribution in [3.63, 3.8) is 0 Å². The molecule has 3 aliphatic rings. The maximum absolute atomic E-state index is 11.2. The minimum absolute atomic E-state index is 0.0581. The average Bonchev–Trinajstić information content (AvgIpc) is 3.59. The molecule has 0 saturated heterocycles. The van der Waals surface area contributed by atoms with Crippen LogP contribution < -0.4 is 5.32 Å². The highest BCUT2D eigenvalue weighted by Gasteiger charge is 2.53. The Morgan fingerprint density at radius 3 is 2.26 bits per heavy atom. The Labute approximate surface area is 205 Å². The van der Waals surface area contributed by atoms with Crippen LogP contribution in [0.3, 0.4) is 0 Å². The van der Waals surface area contributed by atoms with Crippen LogP contribution in [0.15, 0.2) is 36.4 Å². The molecule has 2 aromatic rings. The molecule has 0 bridgehead atoms. The van der Waals surface area contributed by atoms with Crippen molar-refractivity contribution in [2.45, 2.75) is 96.8 Å². The monoisotopic (exact) mass is 459 g/mol. The Hall–Kier alpha value is -2.23. The molecule has 1 spiro atoms. The van der Waals surface area contributed by atoms with Crippen molar-refractivity contribution < 1.29 is 4.79 Å². The number of anilines is 1. The molecule has 1 aromatic carbocycles. The van der Waals surface area contributed by atoms with Crippen molar-refractivity contribution in [2.75, 3.05) is 5.32 Å². The highest BCUT2D eigenvalue weighted by molar-refractivity contribution is 5.88. The van der Waals surface area contributed by atoms with E-state index in [1.54, 1.807) is 0 Å². The van der Waals surface area contributed by atoms with Crippen LogP contribution in [0.5, 0.6) is 0 Å². The fourth-order valence-corrected chi connectivity index (χ4v) is 6.91. The average molecular weight is 460 g/mol. The normalized spacial score (nSPS) is 27.3. The molecule has 1 amide bonds. The fraction of sp³-hybridized carbons (Fsp3) is 0.633. The highest BCUT2D eigenvalue weighted by atomic mass is 16.1. The molecular weight excluding hydrogens is 418 g/mol. The summed E-state index contributed by atoms with van der Waals surface area (Å²) in [5.41, 5.74) is 4.51. The maximum atomic E-state index is 11.2. The summed E-state index contributed by atoms with van der Waals surface area (Å²) in [6, 6.07) is 12.0. The van der Waals surface area contributed by atoms with Gasteiger partial charge in [0.1, 0.15) is 0 Å². The van der Waals surface area contributed by atoms with Gasteiger partial charge in [0, 0.05) is 18.2 Å². The molecule has 4 nitrogen and oxygen atoms in total. The number of aryl methyl sites for hydroxylation is 1. The van der Waals surface area contributed by atoms with E-state index >= 15 is 0 Å². The van der Waals surface area contributed by atoms with E-state index in [-0.39, 0.29) is 5.91 Å².